The zero-order valence-corrected chi connectivity index (χ0v) is 10.9. The van der Waals surface area contributed by atoms with Crippen molar-refractivity contribution in [2.75, 3.05) is 0 Å². The van der Waals surface area contributed by atoms with E-state index >= 15 is 0 Å². The van der Waals surface area contributed by atoms with Crippen molar-refractivity contribution < 1.29 is 8.42 Å². The molecule has 2 fully saturated rings. The van der Waals surface area contributed by atoms with Crippen LogP contribution in [0.15, 0.2) is 40.3 Å². The van der Waals surface area contributed by atoms with E-state index in [9.17, 15) is 8.42 Å². The van der Waals surface area contributed by atoms with Crippen LogP contribution < -0.4 is 4.83 Å². The minimum atomic E-state index is -3.50. The molecule has 0 amide bonds. The molecule has 2 atom stereocenters. The van der Waals surface area contributed by atoms with Crippen LogP contribution in [-0.2, 0) is 10.0 Å². The topological polar surface area (TPSA) is 58.5 Å². The van der Waals surface area contributed by atoms with Gasteiger partial charge >= 0.3 is 0 Å². The minimum absolute atomic E-state index is 0.262. The Morgan fingerprint density at radius 2 is 1.94 bits per heavy atom. The third-order valence-corrected chi connectivity index (χ3v) is 5.10. The van der Waals surface area contributed by atoms with Gasteiger partial charge in [-0.3, -0.25) is 0 Å². The summed E-state index contributed by atoms with van der Waals surface area (Å²) >= 11 is 0. The molecule has 0 spiro atoms. The Bertz CT molecular complexity index is 566. The van der Waals surface area contributed by atoms with Gasteiger partial charge in [-0.2, -0.15) is 13.5 Å². The van der Waals surface area contributed by atoms with E-state index in [0.29, 0.717) is 5.92 Å². The molecule has 2 aliphatic rings. The van der Waals surface area contributed by atoms with E-state index in [2.05, 4.69) is 9.93 Å². The standard InChI is InChI=1S/C13H16N2O2S/c16-18(17,12-4-2-1-3-5-12)15-14-13-9-10-6-7-11(13)8-10/h1-5,10-11,15H,6-9H2/b14-13-/t10-,11+/m0/s1. The summed E-state index contributed by atoms with van der Waals surface area (Å²) in [5, 5.41) is 4.13. The van der Waals surface area contributed by atoms with Crippen LogP contribution in [0.25, 0.3) is 0 Å². The summed E-state index contributed by atoms with van der Waals surface area (Å²) in [6.07, 6.45) is 4.58. The highest BCUT2D eigenvalue weighted by molar-refractivity contribution is 7.89. The van der Waals surface area contributed by atoms with Crippen LogP contribution >= 0.6 is 0 Å². The Kier molecular flexibility index (Phi) is 2.86. The monoisotopic (exact) mass is 264 g/mol. The number of nitrogens with zero attached hydrogens (tertiary/aromatic N) is 1. The molecule has 18 heavy (non-hydrogen) atoms. The smallest absolute Gasteiger partial charge is 0.200 e. The maximum atomic E-state index is 12.0. The summed E-state index contributed by atoms with van der Waals surface area (Å²) in [5.74, 6) is 1.24. The maximum absolute atomic E-state index is 12.0. The van der Waals surface area contributed by atoms with E-state index in [1.807, 2.05) is 0 Å². The van der Waals surface area contributed by atoms with Gasteiger partial charge in [0.15, 0.2) is 0 Å². The summed E-state index contributed by atoms with van der Waals surface area (Å²) in [4.78, 5) is 2.62. The first-order chi connectivity index (χ1) is 8.65. The molecule has 3 rings (SSSR count). The molecule has 5 heteroatoms. The van der Waals surface area contributed by atoms with Gasteiger partial charge in [0.05, 0.1) is 4.90 Å². The Morgan fingerprint density at radius 1 is 1.17 bits per heavy atom. The van der Waals surface area contributed by atoms with Crippen molar-refractivity contribution in [3.63, 3.8) is 0 Å². The lowest BCUT2D eigenvalue weighted by molar-refractivity contribution is 0.579. The van der Waals surface area contributed by atoms with Gasteiger partial charge in [-0.1, -0.05) is 18.2 Å². The average Bonchev–Trinajstić information content (AvgIpc) is 3.00. The van der Waals surface area contributed by atoms with Gasteiger partial charge in [0.25, 0.3) is 10.0 Å². The summed E-state index contributed by atoms with van der Waals surface area (Å²) in [7, 11) is -3.50. The molecule has 0 heterocycles. The number of sulfonamides is 1. The van der Waals surface area contributed by atoms with Gasteiger partial charge in [-0.15, -0.1) is 0 Å². The molecule has 0 aromatic heterocycles. The van der Waals surface area contributed by atoms with Crippen molar-refractivity contribution in [1.82, 2.24) is 4.83 Å². The Morgan fingerprint density at radius 3 is 2.56 bits per heavy atom. The number of hydrazone groups is 1. The van der Waals surface area contributed by atoms with Crippen LogP contribution in [0.1, 0.15) is 25.7 Å². The van der Waals surface area contributed by atoms with Crippen LogP contribution in [0.4, 0.5) is 0 Å². The van der Waals surface area contributed by atoms with Gasteiger partial charge in [-0.25, -0.2) is 4.83 Å². The number of hydrogen-bond donors (Lipinski definition) is 1. The summed E-state index contributed by atoms with van der Waals surface area (Å²) < 4.78 is 24.0. The Hall–Kier alpha value is -1.36. The van der Waals surface area contributed by atoms with Crippen molar-refractivity contribution >= 4 is 15.7 Å². The first-order valence-electron chi connectivity index (χ1n) is 6.28. The fourth-order valence-electron chi connectivity index (χ4n) is 2.93. The fourth-order valence-corrected chi connectivity index (χ4v) is 3.79. The fraction of sp³-hybridized carbons (Fsp3) is 0.462. The van der Waals surface area contributed by atoms with E-state index in [0.717, 1.165) is 24.5 Å². The SMILES string of the molecule is O=S(=O)(N/N=C1/C[C@H]2CC[C@@H]1C2)c1ccccc1. The van der Waals surface area contributed by atoms with E-state index in [1.54, 1.807) is 30.3 Å². The number of fused-ring (bicyclic) bond motifs is 2. The second-order valence-electron chi connectivity index (χ2n) is 5.09. The lowest BCUT2D eigenvalue weighted by Crippen LogP contribution is -2.22. The summed E-state index contributed by atoms with van der Waals surface area (Å²) in [5.41, 5.74) is 1.03. The van der Waals surface area contributed by atoms with Crippen LogP contribution in [0.3, 0.4) is 0 Å². The van der Waals surface area contributed by atoms with Crippen LogP contribution in [0.2, 0.25) is 0 Å². The first-order valence-corrected chi connectivity index (χ1v) is 7.77. The average molecular weight is 264 g/mol. The van der Waals surface area contributed by atoms with Crippen LogP contribution in [-0.4, -0.2) is 14.1 Å². The summed E-state index contributed by atoms with van der Waals surface area (Å²) in [6.45, 7) is 0. The molecule has 1 aromatic carbocycles. The minimum Gasteiger partial charge on any atom is -0.200 e. The van der Waals surface area contributed by atoms with Gasteiger partial charge in [0.2, 0.25) is 0 Å². The van der Waals surface area contributed by atoms with E-state index in [1.165, 1.54) is 12.8 Å². The van der Waals surface area contributed by atoms with E-state index in [-0.39, 0.29) is 4.90 Å². The molecule has 0 aliphatic heterocycles. The van der Waals surface area contributed by atoms with Gasteiger partial charge < -0.3 is 0 Å². The number of nitrogens with one attached hydrogen (secondary N) is 1. The molecule has 0 unspecified atom stereocenters. The molecule has 1 aromatic rings. The molecular weight excluding hydrogens is 248 g/mol. The number of rotatable bonds is 3. The second-order valence-corrected chi connectivity index (χ2v) is 6.75. The third kappa shape index (κ3) is 2.14. The molecule has 2 aliphatic carbocycles. The Balaban J connectivity index is 1.76. The van der Waals surface area contributed by atoms with Crippen molar-refractivity contribution in [2.45, 2.75) is 30.6 Å². The zero-order valence-electron chi connectivity index (χ0n) is 10.0. The van der Waals surface area contributed by atoms with Gasteiger partial charge in [-0.05, 0) is 49.7 Å². The zero-order chi connectivity index (χ0) is 12.6. The lowest BCUT2D eigenvalue weighted by Gasteiger charge is -2.12. The van der Waals surface area contributed by atoms with Gasteiger partial charge in [0.1, 0.15) is 0 Å². The quantitative estimate of drug-likeness (QED) is 0.850. The lowest BCUT2D eigenvalue weighted by atomic mass is 9.99. The van der Waals surface area contributed by atoms with E-state index in [4.69, 9.17) is 0 Å². The van der Waals surface area contributed by atoms with Crippen molar-refractivity contribution in [3.05, 3.63) is 30.3 Å². The molecule has 2 bridgehead atoms. The Labute approximate surface area is 107 Å². The first kappa shape index (κ1) is 11.7. The highest BCUT2D eigenvalue weighted by Gasteiger charge is 2.36. The van der Waals surface area contributed by atoms with Gasteiger partial charge in [0, 0.05) is 5.71 Å². The number of hydrogen-bond acceptors (Lipinski definition) is 3. The third-order valence-electron chi connectivity index (χ3n) is 3.87. The van der Waals surface area contributed by atoms with Crippen molar-refractivity contribution in [3.8, 4) is 0 Å². The largest absolute Gasteiger partial charge is 0.276 e. The van der Waals surface area contributed by atoms with Crippen molar-refractivity contribution in [1.29, 1.82) is 0 Å². The predicted molar refractivity (Wildman–Crippen MR) is 69.6 cm³/mol. The molecular formula is C13H16N2O2S. The summed E-state index contributed by atoms with van der Waals surface area (Å²) in [6, 6.07) is 8.35. The second kappa shape index (κ2) is 4.39. The molecule has 4 nitrogen and oxygen atoms in total. The van der Waals surface area contributed by atoms with Crippen LogP contribution in [0.5, 0.6) is 0 Å². The molecule has 2 saturated carbocycles. The molecule has 96 valence electrons. The number of benzene rings is 1. The van der Waals surface area contributed by atoms with E-state index < -0.39 is 10.0 Å². The predicted octanol–water partition coefficient (Wildman–Crippen LogP) is 2.14. The van der Waals surface area contributed by atoms with Crippen LogP contribution in [0, 0.1) is 11.8 Å². The normalized spacial score (nSPS) is 28.8. The molecule has 0 radical (unpaired) electrons. The van der Waals surface area contributed by atoms with Crippen molar-refractivity contribution in [2.24, 2.45) is 16.9 Å². The highest BCUT2D eigenvalue weighted by Crippen LogP contribution is 2.42. The maximum Gasteiger partial charge on any atom is 0.276 e. The highest BCUT2D eigenvalue weighted by atomic mass is 32.2. The molecule has 1 N–H and O–H groups in total. The molecule has 0 saturated heterocycles.